The molecule has 1 heterocycles. The second kappa shape index (κ2) is 5.94. The van der Waals surface area contributed by atoms with Crippen molar-refractivity contribution in [1.82, 2.24) is 4.31 Å². The minimum Gasteiger partial charge on any atom is -0.436 e. The molecule has 118 valence electrons. The number of hydrogen-bond donors (Lipinski definition) is 0. The lowest BCUT2D eigenvalue weighted by Gasteiger charge is -2.09. The standard InChI is InChI=1S/C15H17NO5S/c1-10-6-5-7-11(2)14(10)21-15(17)12-8-9-13(20-12)22(18,19)16(3)4/h5-9H,1-4H3. The summed E-state index contributed by atoms with van der Waals surface area (Å²) in [5, 5.41) is -0.300. The van der Waals surface area contributed by atoms with E-state index < -0.39 is 16.0 Å². The molecule has 0 saturated carbocycles. The molecule has 2 aromatic rings. The molecule has 0 spiro atoms. The van der Waals surface area contributed by atoms with E-state index in [0.717, 1.165) is 15.4 Å². The number of para-hydroxylation sites is 1. The Morgan fingerprint density at radius 3 is 2.23 bits per heavy atom. The minimum atomic E-state index is -3.72. The Bertz CT molecular complexity index is 785. The number of aryl methyl sites for hydroxylation is 2. The molecule has 0 fully saturated rings. The fraction of sp³-hybridized carbons (Fsp3) is 0.267. The highest BCUT2D eigenvalue weighted by Crippen LogP contribution is 2.24. The van der Waals surface area contributed by atoms with E-state index in [1.54, 1.807) is 0 Å². The van der Waals surface area contributed by atoms with E-state index in [0.29, 0.717) is 5.75 Å². The van der Waals surface area contributed by atoms with Gasteiger partial charge in [0.25, 0.3) is 10.0 Å². The van der Waals surface area contributed by atoms with E-state index in [-0.39, 0.29) is 10.9 Å². The van der Waals surface area contributed by atoms with E-state index in [1.807, 2.05) is 32.0 Å². The van der Waals surface area contributed by atoms with Crippen molar-refractivity contribution in [2.24, 2.45) is 0 Å². The molecule has 0 aliphatic carbocycles. The zero-order chi connectivity index (χ0) is 16.5. The fourth-order valence-electron chi connectivity index (χ4n) is 1.85. The number of carbonyl (C=O) groups excluding carboxylic acids is 1. The van der Waals surface area contributed by atoms with Crippen molar-refractivity contribution in [3.8, 4) is 5.75 Å². The predicted molar refractivity (Wildman–Crippen MR) is 80.5 cm³/mol. The summed E-state index contributed by atoms with van der Waals surface area (Å²) in [5.41, 5.74) is 1.61. The number of furan rings is 1. The Labute approximate surface area is 129 Å². The SMILES string of the molecule is Cc1cccc(C)c1OC(=O)c1ccc(S(=O)(=O)N(C)C)o1. The van der Waals surface area contributed by atoms with Gasteiger partial charge in [0.2, 0.25) is 10.9 Å². The predicted octanol–water partition coefficient (Wildman–Crippen LogP) is 2.37. The zero-order valence-electron chi connectivity index (χ0n) is 12.8. The normalized spacial score (nSPS) is 11.7. The van der Waals surface area contributed by atoms with Crippen molar-refractivity contribution < 1.29 is 22.4 Å². The maximum absolute atomic E-state index is 12.1. The number of hydrogen-bond acceptors (Lipinski definition) is 5. The Kier molecular flexibility index (Phi) is 4.39. The molecule has 1 aromatic carbocycles. The van der Waals surface area contributed by atoms with Crippen molar-refractivity contribution in [1.29, 1.82) is 0 Å². The van der Waals surface area contributed by atoms with Crippen LogP contribution >= 0.6 is 0 Å². The van der Waals surface area contributed by atoms with Gasteiger partial charge in [-0.05, 0) is 37.1 Å². The average molecular weight is 323 g/mol. The molecule has 2 rings (SSSR count). The number of ether oxygens (including phenoxy) is 1. The number of carbonyl (C=O) groups is 1. The highest BCUT2D eigenvalue weighted by molar-refractivity contribution is 7.88. The first-order valence-corrected chi connectivity index (χ1v) is 7.98. The topological polar surface area (TPSA) is 76.8 Å². The maximum atomic E-state index is 12.1. The molecule has 0 radical (unpaired) electrons. The van der Waals surface area contributed by atoms with Crippen LogP contribution < -0.4 is 4.74 Å². The van der Waals surface area contributed by atoms with Gasteiger partial charge in [-0.25, -0.2) is 17.5 Å². The highest BCUT2D eigenvalue weighted by atomic mass is 32.2. The molecule has 6 nitrogen and oxygen atoms in total. The Hall–Kier alpha value is -2.12. The van der Waals surface area contributed by atoms with Crippen molar-refractivity contribution in [2.75, 3.05) is 14.1 Å². The Balaban J connectivity index is 2.27. The van der Waals surface area contributed by atoms with Gasteiger partial charge >= 0.3 is 5.97 Å². The summed E-state index contributed by atoms with van der Waals surface area (Å²) >= 11 is 0. The van der Waals surface area contributed by atoms with Crippen LogP contribution in [0.15, 0.2) is 39.8 Å². The van der Waals surface area contributed by atoms with Crippen molar-refractivity contribution in [2.45, 2.75) is 18.9 Å². The molecule has 0 N–H and O–H groups in total. The first kappa shape index (κ1) is 16.3. The van der Waals surface area contributed by atoms with Crippen LogP contribution in [-0.4, -0.2) is 32.8 Å². The summed E-state index contributed by atoms with van der Waals surface area (Å²) in [7, 11) is -0.957. The lowest BCUT2D eigenvalue weighted by molar-refractivity contribution is 0.0692. The summed E-state index contributed by atoms with van der Waals surface area (Å²) in [5.74, 6) is -0.457. The van der Waals surface area contributed by atoms with E-state index in [9.17, 15) is 13.2 Å². The molecule has 7 heteroatoms. The number of esters is 1. The van der Waals surface area contributed by atoms with Gasteiger partial charge in [-0.15, -0.1) is 0 Å². The van der Waals surface area contributed by atoms with Gasteiger partial charge in [-0.1, -0.05) is 18.2 Å². The third kappa shape index (κ3) is 3.05. The van der Waals surface area contributed by atoms with Crippen LogP contribution in [0.4, 0.5) is 0 Å². The van der Waals surface area contributed by atoms with E-state index >= 15 is 0 Å². The second-order valence-corrected chi connectivity index (χ2v) is 7.10. The molecule has 0 amide bonds. The zero-order valence-corrected chi connectivity index (χ0v) is 13.6. The van der Waals surface area contributed by atoms with Crippen LogP contribution in [0.3, 0.4) is 0 Å². The van der Waals surface area contributed by atoms with Crippen LogP contribution in [0.5, 0.6) is 5.75 Å². The largest absolute Gasteiger partial charge is 0.436 e. The monoisotopic (exact) mass is 323 g/mol. The van der Waals surface area contributed by atoms with Gasteiger partial charge in [0, 0.05) is 14.1 Å². The molecule has 0 atom stereocenters. The van der Waals surface area contributed by atoms with Gasteiger partial charge in [-0.3, -0.25) is 0 Å². The quantitative estimate of drug-likeness (QED) is 0.638. The molecule has 0 saturated heterocycles. The number of sulfonamides is 1. The second-order valence-electron chi connectivity index (χ2n) is 5.02. The molecule has 0 unspecified atom stereocenters. The first-order valence-electron chi connectivity index (χ1n) is 6.54. The third-order valence-corrected chi connectivity index (χ3v) is 4.81. The number of benzene rings is 1. The smallest absolute Gasteiger partial charge is 0.379 e. The summed E-state index contributed by atoms with van der Waals surface area (Å²) in [6.45, 7) is 3.64. The van der Waals surface area contributed by atoms with Gasteiger partial charge in [0.15, 0.2) is 0 Å². The molecule has 0 aliphatic rings. The summed E-state index contributed by atoms with van der Waals surface area (Å²) in [6.07, 6.45) is 0. The number of nitrogens with zero attached hydrogens (tertiary/aromatic N) is 1. The van der Waals surface area contributed by atoms with Crippen LogP contribution in [-0.2, 0) is 10.0 Å². The summed E-state index contributed by atoms with van der Waals surface area (Å²) in [6, 6.07) is 8.01. The van der Waals surface area contributed by atoms with Crippen molar-refractivity contribution in [3.63, 3.8) is 0 Å². The van der Waals surface area contributed by atoms with Crippen LogP contribution in [0.2, 0.25) is 0 Å². The average Bonchev–Trinajstić information content (AvgIpc) is 2.93. The van der Waals surface area contributed by atoms with Gasteiger partial charge in [-0.2, -0.15) is 0 Å². The molecule has 0 bridgehead atoms. The van der Waals surface area contributed by atoms with E-state index in [4.69, 9.17) is 9.15 Å². The Morgan fingerprint density at radius 1 is 1.09 bits per heavy atom. The molecular weight excluding hydrogens is 306 g/mol. The molecular formula is C15H17NO5S. The van der Waals surface area contributed by atoms with Gasteiger partial charge in [0.05, 0.1) is 0 Å². The van der Waals surface area contributed by atoms with Crippen LogP contribution in [0.1, 0.15) is 21.7 Å². The number of rotatable bonds is 4. The van der Waals surface area contributed by atoms with Crippen LogP contribution in [0, 0.1) is 13.8 Å². The van der Waals surface area contributed by atoms with Gasteiger partial charge < -0.3 is 9.15 Å². The van der Waals surface area contributed by atoms with Gasteiger partial charge in [0.1, 0.15) is 5.75 Å². The summed E-state index contributed by atoms with van der Waals surface area (Å²) in [4.78, 5) is 12.1. The molecule has 22 heavy (non-hydrogen) atoms. The minimum absolute atomic E-state index is 0.164. The fourth-order valence-corrected chi connectivity index (χ4v) is 2.65. The third-order valence-electron chi connectivity index (χ3n) is 3.12. The lowest BCUT2D eigenvalue weighted by atomic mass is 10.1. The van der Waals surface area contributed by atoms with Crippen molar-refractivity contribution >= 4 is 16.0 Å². The lowest BCUT2D eigenvalue weighted by Crippen LogP contribution is -2.21. The van der Waals surface area contributed by atoms with E-state index in [2.05, 4.69) is 0 Å². The maximum Gasteiger partial charge on any atom is 0.379 e. The molecule has 0 aliphatic heterocycles. The summed E-state index contributed by atoms with van der Waals surface area (Å²) < 4.78 is 35.3. The Morgan fingerprint density at radius 2 is 1.68 bits per heavy atom. The van der Waals surface area contributed by atoms with Crippen LogP contribution in [0.25, 0.3) is 0 Å². The highest BCUT2D eigenvalue weighted by Gasteiger charge is 2.24. The van der Waals surface area contributed by atoms with Crippen molar-refractivity contribution in [3.05, 3.63) is 47.2 Å². The first-order chi connectivity index (χ1) is 10.2. The van der Waals surface area contributed by atoms with E-state index in [1.165, 1.54) is 26.2 Å². The molecule has 1 aromatic heterocycles.